The van der Waals surface area contributed by atoms with Gasteiger partial charge in [-0.25, -0.2) is 9.38 Å². The molecule has 7 heteroatoms. The number of benzene rings is 1. The summed E-state index contributed by atoms with van der Waals surface area (Å²) in [6, 6.07) is 7.32. The highest BCUT2D eigenvalue weighted by Crippen LogP contribution is 2.53. The topological polar surface area (TPSA) is 79.0 Å². The van der Waals surface area contributed by atoms with Crippen LogP contribution in [0.15, 0.2) is 41.7 Å². The largest absolute Gasteiger partial charge is 0.484 e. The van der Waals surface area contributed by atoms with Crippen LogP contribution >= 0.6 is 0 Å². The van der Waals surface area contributed by atoms with E-state index in [1.54, 1.807) is 6.20 Å². The smallest absolute Gasteiger partial charge is 0.283 e. The molecule has 0 amide bonds. The minimum atomic E-state index is -0.764. The van der Waals surface area contributed by atoms with E-state index >= 15 is 0 Å². The predicted molar refractivity (Wildman–Crippen MR) is 92.3 cm³/mol. The van der Waals surface area contributed by atoms with Crippen molar-refractivity contribution in [1.29, 1.82) is 0 Å². The van der Waals surface area contributed by atoms with Crippen molar-refractivity contribution in [1.82, 2.24) is 4.98 Å². The van der Waals surface area contributed by atoms with Gasteiger partial charge in [0.05, 0.1) is 12.8 Å². The summed E-state index contributed by atoms with van der Waals surface area (Å²) in [7, 11) is 0. The second-order valence-electron chi connectivity index (χ2n) is 7.18. The van der Waals surface area contributed by atoms with Crippen LogP contribution in [0.25, 0.3) is 11.1 Å². The molecule has 26 heavy (non-hydrogen) atoms. The lowest BCUT2D eigenvalue weighted by atomic mass is 9.74. The van der Waals surface area contributed by atoms with Gasteiger partial charge in [-0.1, -0.05) is 6.07 Å². The van der Waals surface area contributed by atoms with Crippen molar-refractivity contribution in [2.75, 3.05) is 13.2 Å². The molecule has 1 aromatic carbocycles. The summed E-state index contributed by atoms with van der Waals surface area (Å²) in [4.78, 5) is 8.57. The first kappa shape index (κ1) is 15.6. The summed E-state index contributed by atoms with van der Waals surface area (Å²) in [6.45, 7) is 2.91. The molecule has 2 N–H and O–H groups in total. The highest BCUT2D eigenvalue weighted by Gasteiger charge is 2.62. The maximum atomic E-state index is 13.6. The molecule has 5 rings (SSSR count). The number of rotatable bonds is 1. The van der Waals surface area contributed by atoms with E-state index < -0.39 is 11.1 Å². The van der Waals surface area contributed by atoms with Crippen molar-refractivity contribution >= 4 is 6.02 Å². The molecule has 3 aliphatic rings. The Hall–Kier alpha value is -2.67. The van der Waals surface area contributed by atoms with Gasteiger partial charge in [0.15, 0.2) is 5.54 Å². The molecule has 1 saturated heterocycles. The molecule has 0 aliphatic carbocycles. The van der Waals surface area contributed by atoms with Crippen LogP contribution in [0, 0.1) is 5.82 Å². The van der Waals surface area contributed by atoms with Gasteiger partial charge in [0.2, 0.25) is 0 Å². The zero-order valence-electron chi connectivity index (χ0n) is 14.2. The number of hydrogen-bond acceptors (Lipinski definition) is 6. The average Bonchev–Trinajstić information content (AvgIpc) is 3.19. The van der Waals surface area contributed by atoms with E-state index in [2.05, 4.69) is 9.98 Å². The van der Waals surface area contributed by atoms with Gasteiger partial charge in [0.25, 0.3) is 6.02 Å². The van der Waals surface area contributed by atoms with Crippen LogP contribution in [0.2, 0.25) is 0 Å². The number of nitrogens with zero attached hydrogens (tertiary/aromatic N) is 2. The normalized spacial score (nSPS) is 31.8. The van der Waals surface area contributed by atoms with Crippen molar-refractivity contribution in [3.05, 3.63) is 48.0 Å². The van der Waals surface area contributed by atoms with E-state index in [0.29, 0.717) is 18.8 Å². The number of nitrogens with two attached hydrogens (primary N) is 1. The highest BCUT2D eigenvalue weighted by atomic mass is 19.1. The van der Waals surface area contributed by atoms with Gasteiger partial charge in [-0.2, -0.15) is 0 Å². The molecule has 1 aromatic heterocycles. The lowest BCUT2D eigenvalue weighted by molar-refractivity contribution is -0.0755. The molecule has 0 radical (unpaired) electrons. The van der Waals surface area contributed by atoms with E-state index in [0.717, 1.165) is 23.3 Å². The molecular weight excluding hydrogens is 337 g/mol. The lowest BCUT2D eigenvalue weighted by Gasteiger charge is -2.45. The van der Waals surface area contributed by atoms with Gasteiger partial charge in [0, 0.05) is 23.7 Å². The van der Waals surface area contributed by atoms with Crippen LogP contribution in [-0.4, -0.2) is 35.9 Å². The minimum Gasteiger partial charge on any atom is -0.484 e. The molecular formula is C19H18FN3O3. The van der Waals surface area contributed by atoms with Crippen LogP contribution in [0.5, 0.6) is 5.75 Å². The number of ether oxygens (including phenoxy) is 3. The summed E-state index contributed by atoms with van der Waals surface area (Å²) < 4.78 is 31.5. The number of amidine groups is 1. The molecule has 0 saturated carbocycles. The SMILES string of the molecule is CC12CCOC1C1(COC(N)=N1)c1cc(-c3cncc(F)c3)ccc1O2. The number of aromatic nitrogens is 1. The summed E-state index contributed by atoms with van der Waals surface area (Å²) in [6.07, 6.45) is 3.27. The van der Waals surface area contributed by atoms with Crippen molar-refractivity contribution in [3.8, 4) is 16.9 Å². The summed E-state index contributed by atoms with van der Waals surface area (Å²) >= 11 is 0. The van der Waals surface area contributed by atoms with Gasteiger partial charge in [-0.15, -0.1) is 0 Å². The van der Waals surface area contributed by atoms with Crippen molar-refractivity contribution < 1.29 is 18.6 Å². The highest BCUT2D eigenvalue weighted by molar-refractivity contribution is 5.75. The van der Waals surface area contributed by atoms with Gasteiger partial charge in [-0.05, 0) is 30.7 Å². The molecule has 3 aliphatic heterocycles. The zero-order chi connectivity index (χ0) is 17.9. The molecule has 2 aromatic rings. The Morgan fingerprint density at radius 1 is 1.23 bits per heavy atom. The minimum absolute atomic E-state index is 0.147. The number of hydrogen-bond donors (Lipinski definition) is 1. The Balaban J connectivity index is 1.71. The fourth-order valence-corrected chi connectivity index (χ4v) is 4.25. The third-order valence-electron chi connectivity index (χ3n) is 5.45. The first-order valence-electron chi connectivity index (χ1n) is 8.54. The molecule has 6 nitrogen and oxygen atoms in total. The molecule has 134 valence electrons. The quantitative estimate of drug-likeness (QED) is 0.850. The number of aliphatic imine (C=N–C) groups is 1. The van der Waals surface area contributed by atoms with Crippen molar-refractivity contribution in [2.24, 2.45) is 10.7 Å². The van der Waals surface area contributed by atoms with Crippen LogP contribution in [-0.2, 0) is 15.0 Å². The Kier molecular flexibility index (Phi) is 3.10. The van der Waals surface area contributed by atoms with E-state index in [1.165, 1.54) is 12.3 Å². The van der Waals surface area contributed by atoms with Gasteiger partial charge in [-0.3, -0.25) is 4.98 Å². The number of fused-ring (bicyclic) bond motifs is 4. The van der Waals surface area contributed by atoms with Gasteiger partial charge >= 0.3 is 0 Å². The lowest BCUT2D eigenvalue weighted by Crippen LogP contribution is -2.57. The summed E-state index contributed by atoms with van der Waals surface area (Å²) in [5.41, 5.74) is 6.94. The van der Waals surface area contributed by atoms with E-state index in [-0.39, 0.29) is 17.9 Å². The van der Waals surface area contributed by atoms with Crippen molar-refractivity contribution in [3.63, 3.8) is 0 Å². The first-order chi connectivity index (χ1) is 12.5. The molecule has 4 heterocycles. The fourth-order valence-electron chi connectivity index (χ4n) is 4.25. The second kappa shape index (κ2) is 5.17. The summed E-state index contributed by atoms with van der Waals surface area (Å²) in [5.74, 6) is 0.341. The maximum absolute atomic E-state index is 13.6. The third-order valence-corrected chi connectivity index (χ3v) is 5.45. The maximum Gasteiger partial charge on any atom is 0.283 e. The standard InChI is InChI=1S/C19H18FN3O3/c1-18-4-5-24-16(18)19(10-25-17(21)23-19)14-7-11(2-3-15(14)26-18)12-6-13(20)9-22-8-12/h2-3,6-9,16H,4-5,10H2,1H3,(H2,21,23). The Morgan fingerprint density at radius 2 is 2.12 bits per heavy atom. The average molecular weight is 355 g/mol. The molecule has 1 fully saturated rings. The molecule has 3 unspecified atom stereocenters. The predicted octanol–water partition coefficient (Wildman–Crippen LogP) is 2.37. The Morgan fingerprint density at radius 3 is 2.88 bits per heavy atom. The fraction of sp³-hybridized carbons (Fsp3) is 0.368. The Bertz CT molecular complexity index is 934. The molecule has 1 spiro atoms. The molecule has 3 atom stereocenters. The first-order valence-corrected chi connectivity index (χ1v) is 8.54. The molecule has 0 bridgehead atoms. The third kappa shape index (κ3) is 2.07. The van der Waals surface area contributed by atoms with E-state index in [4.69, 9.17) is 19.9 Å². The second-order valence-corrected chi connectivity index (χ2v) is 7.18. The van der Waals surface area contributed by atoms with Gasteiger partial charge < -0.3 is 19.9 Å². The Labute approximate surface area is 149 Å². The summed E-state index contributed by atoms with van der Waals surface area (Å²) in [5, 5.41) is 0. The van der Waals surface area contributed by atoms with Crippen LogP contribution < -0.4 is 10.5 Å². The van der Waals surface area contributed by atoms with Crippen LogP contribution in [0.3, 0.4) is 0 Å². The van der Waals surface area contributed by atoms with Crippen LogP contribution in [0.1, 0.15) is 18.9 Å². The number of halogens is 1. The zero-order valence-corrected chi connectivity index (χ0v) is 14.2. The van der Waals surface area contributed by atoms with Gasteiger partial charge in [0.1, 0.15) is 29.9 Å². The number of pyridine rings is 1. The van der Waals surface area contributed by atoms with Crippen LogP contribution in [0.4, 0.5) is 4.39 Å². The monoisotopic (exact) mass is 355 g/mol. The van der Waals surface area contributed by atoms with Crippen molar-refractivity contribution in [2.45, 2.75) is 30.6 Å². The van der Waals surface area contributed by atoms with E-state index in [9.17, 15) is 4.39 Å². The van der Waals surface area contributed by atoms with E-state index in [1.807, 2.05) is 25.1 Å².